The van der Waals surface area contributed by atoms with E-state index in [1.165, 1.54) is 16.4 Å². The van der Waals surface area contributed by atoms with Gasteiger partial charge in [-0.1, -0.05) is 18.2 Å². The number of carbonyl (C=O) groups is 1. The van der Waals surface area contributed by atoms with E-state index in [0.717, 1.165) is 29.7 Å². The number of phenols is 1. The molecule has 1 saturated heterocycles. The summed E-state index contributed by atoms with van der Waals surface area (Å²) >= 11 is 0. The molecule has 0 aliphatic carbocycles. The molecule has 31 heavy (non-hydrogen) atoms. The van der Waals surface area contributed by atoms with Crippen LogP contribution in [0.5, 0.6) is 11.5 Å². The molecule has 0 saturated carbocycles. The van der Waals surface area contributed by atoms with Gasteiger partial charge in [-0.25, -0.2) is 8.42 Å². The van der Waals surface area contributed by atoms with Crippen molar-refractivity contribution >= 4 is 15.9 Å². The van der Waals surface area contributed by atoms with E-state index >= 15 is 0 Å². The van der Waals surface area contributed by atoms with Gasteiger partial charge in [-0.2, -0.15) is 4.31 Å². The zero-order valence-electron chi connectivity index (χ0n) is 18.1. The predicted octanol–water partition coefficient (Wildman–Crippen LogP) is 3.09. The van der Waals surface area contributed by atoms with Crippen LogP contribution in [0.2, 0.25) is 0 Å². The monoisotopic (exact) mass is 446 g/mol. The standard InChI is InChI=1S/C23H30N2O5S/c1-18-6-5-7-20(16-18)30-15-4-3-8-23(27)24-11-13-25(14-12-24)31(28,29)22-17-19(2)9-10-21(22)26/h5-7,9-10,16-17,26H,3-4,8,11-15H2,1-2H3. The molecule has 1 aliphatic heterocycles. The molecule has 0 aromatic heterocycles. The average molecular weight is 447 g/mol. The summed E-state index contributed by atoms with van der Waals surface area (Å²) in [5.41, 5.74) is 1.91. The molecule has 2 aromatic carbocycles. The fourth-order valence-corrected chi connectivity index (χ4v) is 5.17. The van der Waals surface area contributed by atoms with Crippen LogP contribution in [0.3, 0.4) is 0 Å². The van der Waals surface area contributed by atoms with E-state index < -0.39 is 10.0 Å². The highest BCUT2D eigenvalue weighted by atomic mass is 32.2. The zero-order valence-corrected chi connectivity index (χ0v) is 18.9. The van der Waals surface area contributed by atoms with Crippen LogP contribution in [0, 0.1) is 13.8 Å². The minimum atomic E-state index is -3.79. The number of piperazine rings is 1. The molecule has 2 aromatic rings. The molecule has 1 heterocycles. The highest BCUT2D eigenvalue weighted by Gasteiger charge is 2.31. The van der Waals surface area contributed by atoms with Crippen LogP contribution < -0.4 is 4.74 Å². The molecule has 8 heteroatoms. The normalized spacial score (nSPS) is 15.1. The second kappa shape index (κ2) is 10.2. The van der Waals surface area contributed by atoms with Crippen LogP contribution in [0.25, 0.3) is 0 Å². The van der Waals surface area contributed by atoms with Gasteiger partial charge in [-0.15, -0.1) is 0 Å². The van der Waals surface area contributed by atoms with E-state index in [1.807, 2.05) is 31.2 Å². The van der Waals surface area contributed by atoms with E-state index in [-0.39, 0.29) is 29.6 Å². The lowest BCUT2D eigenvalue weighted by Crippen LogP contribution is -2.50. The molecular formula is C23H30N2O5S. The Balaban J connectivity index is 1.42. The largest absolute Gasteiger partial charge is 0.507 e. The number of benzene rings is 2. The van der Waals surface area contributed by atoms with Crippen molar-refractivity contribution in [1.29, 1.82) is 0 Å². The Bertz CT molecular complexity index is 1010. The van der Waals surface area contributed by atoms with Gasteiger partial charge in [-0.3, -0.25) is 4.79 Å². The van der Waals surface area contributed by atoms with E-state index in [9.17, 15) is 18.3 Å². The molecule has 0 bridgehead atoms. The third kappa shape index (κ3) is 5.98. The van der Waals surface area contributed by atoms with Gasteiger partial charge in [-0.05, 0) is 62.1 Å². The smallest absolute Gasteiger partial charge is 0.246 e. The summed E-state index contributed by atoms with van der Waals surface area (Å²) in [5, 5.41) is 9.99. The topological polar surface area (TPSA) is 87.2 Å². The first-order valence-corrected chi connectivity index (χ1v) is 12.0. The Kier molecular flexibility index (Phi) is 7.56. The van der Waals surface area contributed by atoms with E-state index in [2.05, 4.69) is 0 Å². The highest BCUT2D eigenvalue weighted by molar-refractivity contribution is 7.89. The number of hydrogen-bond acceptors (Lipinski definition) is 5. The summed E-state index contributed by atoms with van der Waals surface area (Å²) in [7, 11) is -3.79. The molecular weight excluding hydrogens is 416 g/mol. The van der Waals surface area contributed by atoms with Gasteiger partial charge in [0.2, 0.25) is 15.9 Å². The summed E-state index contributed by atoms with van der Waals surface area (Å²) in [6.45, 7) is 5.49. The molecule has 1 aliphatic rings. The SMILES string of the molecule is Cc1cccc(OCCCCC(=O)N2CCN(S(=O)(=O)c3cc(C)ccc3O)CC2)c1. The van der Waals surface area contributed by atoms with Crippen LogP contribution in [0.4, 0.5) is 0 Å². The van der Waals surface area contributed by atoms with Crippen molar-refractivity contribution in [2.75, 3.05) is 32.8 Å². The molecule has 3 rings (SSSR count). The first-order chi connectivity index (χ1) is 14.8. The van der Waals surface area contributed by atoms with Crippen LogP contribution in [-0.4, -0.2) is 61.4 Å². The maximum absolute atomic E-state index is 12.9. The van der Waals surface area contributed by atoms with Gasteiger partial charge >= 0.3 is 0 Å². The van der Waals surface area contributed by atoms with Crippen LogP contribution >= 0.6 is 0 Å². The Morgan fingerprint density at radius 3 is 2.42 bits per heavy atom. The van der Waals surface area contributed by atoms with Crippen molar-refractivity contribution in [3.05, 3.63) is 53.6 Å². The summed E-state index contributed by atoms with van der Waals surface area (Å²) in [5.74, 6) is 0.617. The van der Waals surface area contributed by atoms with Gasteiger partial charge in [0.05, 0.1) is 6.61 Å². The number of ether oxygens (including phenoxy) is 1. The molecule has 168 valence electrons. The average Bonchev–Trinajstić information content (AvgIpc) is 2.75. The molecule has 0 unspecified atom stereocenters. The van der Waals surface area contributed by atoms with Crippen LogP contribution in [0.15, 0.2) is 47.4 Å². The van der Waals surface area contributed by atoms with E-state index in [4.69, 9.17) is 4.74 Å². The van der Waals surface area contributed by atoms with Gasteiger partial charge in [0.1, 0.15) is 16.4 Å². The number of carbonyl (C=O) groups excluding carboxylic acids is 1. The highest BCUT2D eigenvalue weighted by Crippen LogP contribution is 2.27. The zero-order chi connectivity index (χ0) is 22.4. The minimum absolute atomic E-state index is 0.0333. The lowest BCUT2D eigenvalue weighted by Gasteiger charge is -2.34. The number of unbranched alkanes of at least 4 members (excludes halogenated alkanes) is 1. The number of rotatable bonds is 8. The molecule has 1 fully saturated rings. The second-order valence-corrected chi connectivity index (χ2v) is 9.78. The van der Waals surface area contributed by atoms with Gasteiger partial charge in [0.25, 0.3) is 0 Å². The number of phenolic OH excluding ortho intramolecular Hbond substituents is 1. The molecule has 7 nitrogen and oxygen atoms in total. The van der Waals surface area contributed by atoms with Crippen molar-refractivity contribution in [2.24, 2.45) is 0 Å². The Morgan fingerprint density at radius 2 is 1.71 bits per heavy atom. The maximum atomic E-state index is 12.9. The number of amides is 1. The van der Waals surface area contributed by atoms with Crippen molar-refractivity contribution in [2.45, 2.75) is 38.0 Å². The first-order valence-electron chi connectivity index (χ1n) is 10.5. The van der Waals surface area contributed by atoms with Crippen molar-refractivity contribution in [3.63, 3.8) is 0 Å². The predicted molar refractivity (Wildman–Crippen MR) is 119 cm³/mol. The van der Waals surface area contributed by atoms with Crippen molar-refractivity contribution in [1.82, 2.24) is 9.21 Å². The molecule has 1 amide bonds. The van der Waals surface area contributed by atoms with Crippen molar-refractivity contribution in [3.8, 4) is 11.5 Å². The molecule has 0 atom stereocenters. The molecule has 1 N–H and O–H groups in total. The van der Waals surface area contributed by atoms with Gasteiger partial charge in [0, 0.05) is 32.6 Å². The number of aromatic hydroxyl groups is 1. The fraction of sp³-hybridized carbons (Fsp3) is 0.435. The van der Waals surface area contributed by atoms with E-state index in [1.54, 1.807) is 17.9 Å². The quantitative estimate of drug-likeness (QED) is 0.630. The van der Waals surface area contributed by atoms with Gasteiger partial charge < -0.3 is 14.7 Å². The van der Waals surface area contributed by atoms with Crippen LogP contribution in [0.1, 0.15) is 30.4 Å². The lowest BCUT2D eigenvalue weighted by molar-refractivity contribution is -0.132. The number of nitrogens with zero attached hydrogens (tertiary/aromatic N) is 2. The summed E-state index contributed by atoms with van der Waals surface area (Å²) in [4.78, 5) is 14.1. The first kappa shape index (κ1) is 23.1. The number of sulfonamides is 1. The maximum Gasteiger partial charge on any atom is 0.246 e. The summed E-state index contributed by atoms with van der Waals surface area (Å²) < 4.78 is 32.8. The van der Waals surface area contributed by atoms with Crippen LogP contribution in [-0.2, 0) is 14.8 Å². The number of hydrogen-bond donors (Lipinski definition) is 1. The second-order valence-electron chi connectivity index (χ2n) is 7.88. The molecule has 0 spiro atoms. The fourth-order valence-electron chi connectivity index (χ4n) is 3.58. The third-order valence-corrected chi connectivity index (χ3v) is 7.30. The molecule has 0 radical (unpaired) electrons. The Hall–Kier alpha value is -2.58. The lowest BCUT2D eigenvalue weighted by atomic mass is 10.2. The van der Waals surface area contributed by atoms with E-state index in [0.29, 0.717) is 26.1 Å². The van der Waals surface area contributed by atoms with Gasteiger partial charge in [0.15, 0.2) is 0 Å². The number of aryl methyl sites for hydroxylation is 2. The minimum Gasteiger partial charge on any atom is -0.507 e. The Labute approximate surface area is 184 Å². The summed E-state index contributed by atoms with van der Waals surface area (Å²) in [6.07, 6.45) is 1.92. The third-order valence-electron chi connectivity index (χ3n) is 5.37. The Morgan fingerprint density at radius 1 is 1.00 bits per heavy atom. The summed E-state index contributed by atoms with van der Waals surface area (Å²) in [6, 6.07) is 12.4. The van der Waals surface area contributed by atoms with Crippen molar-refractivity contribution < 1.29 is 23.1 Å².